The first-order valence-corrected chi connectivity index (χ1v) is 10.5. The van der Waals surface area contributed by atoms with Gasteiger partial charge in [-0.3, -0.25) is 14.5 Å². The van der Waals surface area contributed by atoms with Crippen molar-refractivity contribution in [3.8, 4) is 0 Å². The predicted molar refractivity (Wildman–Crippen MR) is 116 cm³/mol. The molecule has 1 unspecified atom stereocenters. The second-order valence-corrected chi connectivity index (χ2v) is 8.04. The molecule has 1 aliphatic rings. The molecule has 1 aliphatic heterocycles. The van der Waals surface area contributed by atoms with E-state index in [-0.39, 0.29) is 17.9 Å². The lowest BCUT2D eigenvalue weighted by Crippen LogP contribution is -2.40. The Morgan fingerprint density at radius 3 is 2.55 bits per heavy atom. The third kappa shape index (κ3) is 4.23. The van der Waals surface area contributed by atoms with Gasteiger partial charge in [0.2, 0.25) is 5.91 Å². The topological polar surface area (TPSA) is 61.4 Å². The number of carbonyl (C=O) groups is 2. The molecule has 148 valence electrons. The molecule has 6 heteroatoms. The Kier molecular flexibility index (Phi) is 5.74. The van der Waals surface area contributed by atoms with Crippen LogP contribution in [0.25, 0.3) is 0 Å². The fourth-order valence-corrected chi connectivity index (χ4v) is 4.70. The van der Waals surface area contributed by atoms with Gasteiger partial charge in [0, 0.05) is 29.7 Å². The normalized spacial score (nSPS) is 16.1. The van der Waals surface area contributed by atoms with E-state index in [0.717, 1.165) is 13.0 Å². The van der Waals surface area contributed by atoms with Crippen LogP contribution < -0.4 is 10.6 Å². The highest BCUT2D eigenvalue weighted by molar-refractivity contribution is 7.10. The molecule has 0 radical (unpaired) electrons. The number of fused-ring (bicyclic) bond motifs is 1. The van der Waals surface area contributed by atoms with Crippen LogP contribution in [0, 0.1) is 0 Å². The fourth-order valence-electron chi connectivity index (χ4n) is 3.80. The lowest BCUT2D eigenvalue weighted by molar-refractivity contribution is -0.117. The molecule has 5 nitrogen and oxygen atoms in total. The molecule has 0 spiro atoms. The minimum absolute atomic E-state index is 0.0581. The van der Waals surface area contributed by atoms with Gasteiger partial charge in [0.25, 0.3) is 5.91 Å². The van der Waals surface area contributed by atoms with Gasteiger partial charge in [-0.1, -0.05) is 30.3 Å². The summed E-state index contributed by atoms with van der Waals surface area (Å²) in [6.07, 6.45) is 0.963. The Morgan fingerprint density at radius 2 is 1.83 bits per heavy atom. The Labute approximate surface area is 174 Å². The third-order valence-corrected chi connectivity index (χ3v) is 6.18. The van der Waals surface area contributed by atoms with Crippen LogP contribution in [0.4, 0.5) is 5.69 Å². The predicted octanol–water partition coefficient (Wildman–Crippen LogP) is 3.69. The van der Waals surface area contributed by atoms with Crippen LogP contribution in [0.15, 0.2) is 66.0 Å². The van der Waals surface area contributed by atoms with Gasteiger partial charge in [0.15, 0.2) is 0 Å². The molecule has 1 atom stereocenters. The Morgan fingerprint density at radius 1 is 1.07 bits per heavy atom. The Hall–Kier alpha value is -2.96. The minimum Gasteiger partial charge on any atom is -0.355 e. The minimum atomic E-state index is -0.145. The van der Waals surface area contributed by atoms with Crippen molar-refractivity contribution in [2.75, 3.05) is 25.5 Å². The van der Waals surface area contributed by atoms with Gasteiger partial charge in [-0.05, 0) is 53.3 Å². The maximum Gasteiger partial charge on any atom is 0.251 e. The molecule has 2 N–H and O–H groups in total. The molecule has 0 saturated heterocycles. The summed E-state index contributed by atoms with van der Waals surface area (Å²) in [5.41, 5.74) is 3.76. The first kappa shape index (κ1) is 19.4. The number of hydrogen-bond donors (Lipinski definition) is 2. The van der Waals surface area contributed by atoms with Crippen molar-refractivity contribution in [2.45, 2.75) is 12.5 Å². The van der Waals surface area contributed by atoms with E-state index in [2.05, 4.69) is 39.1 Å². The summed E-state index contributed by atoms with van der Waals surface area (Å²) in [6.45, 7) is 1.15. The maximum atomic E-state index is 12.8. The molecule has 1 aromatic heterocycles. The molecule has 2 amide bonds. The van der Waals surface area contributed by atoms with Crippen LogP contribution in [0.5, 0.6) is 0 Å². The lowest BCUT2D eigenvalue weighted by Gasteiger charge is -2.35. The van der Waals surface area contributed by atoms with Crippen LogP contribution in [0.2, 0.25) is 0 Å². The zero-order chi connectivity index (χ0) is 20.2. The van der Waals surface area contributed by atoms with Crippen molar-refractivity contribution < 1.29 is 9.59 Å². The van der Waals surface area contributed by atoms with E-state index < -0.39 is 0 Å². The molecular weight excluding hydrogens is 382 g/mol. The maximum absolute atomic E-state index is 12.8. The average Bonchev–Trinajstić information content (AvgIpc) is 3.23. The molecule has 2 heterocycles. The van der Waals surface area contributed by atoms with E-state index in [9.17, 15) is 9.59 Å². The molecular formula is C23H23N3O2S. The summed E-state index contributed by atoms with van der Waals surface area (Å²) < 4.78 is 0. The van der Waals surface area contributed by atoms with Gasteiger partial charge < -0.3 is 10.6 Å². The quantitative estimate of drug-likeness (QED) is 0.681. The van der Waals surface area contributed by atoms with Crippen molar-refractivity contribution in [1.29, 1.82) is 0 Å². The van der Waals surface area contributed by atoms with E-state index in [0.29, 0.717) is 17.8 Å². The first-order valence-electron chi connectivity index (χ1n) is 9.63. The van der Waals surface area contributed by atoms with Crippen LogP contribution in [0.1, 0.15) is 32.4 Å². The molecule has 3 aromatic rings. The highest BCUT2D eigenvalue weighted by Crippen LogP contribution is 2.37. The molecule has 0 fully saturated rings. The second kappa shape index (κ2) is 8.59. The molecule has 4 rings (SSSR count). The van der Waals surface area contributed by atoms with E-state index >= 15 is 0 Å². The number of carbonyl (C=O) groups excluding carboxylic acids is 2. The van der Waals surface area contributed by atoms with Crippen LogP contribution in [-0.4, -0.2) is 36.9 Å². The number of anilines is 1. The van der Waals surface area contributed by atoms with Gasteiger partial charge >= 0.3 is 0 Å². The monoisotopic (exact) mass is 405 g/mol. The van der Waals surface area contributed by atoms with Crippen LogP contribution in [0.3, 0.4) is 0 Å². The SMILES string of the molecule is CNC(=O)c1ccc(NC(=O)CN2CCc3sccc3C2c2ccccc2)cc1. The number of amides is 2. The largest absolute Gasteiger partial charge is 0.355 e. The second-order valence-electron chi connectivity index (χ2n) is 7.04. The molecule has 0 aliphatic carbocycles. The first-order chi connectivity index (χ1) is 14.2. The van der Waals surface area contributed by atoms with E-state index in [4.69, 9.17) is 0 Å². The van der Waals surface area contributed by atoms with Crippen molar-refractivity contribution in [1.82, 2.24) is 10.2 Å². The van der Waals surface area contributed by atoms with Crippen molar-refractivity contribution in [3.05, 3.63) is 87.6 Å². The number of nitrogens with zero attached hydrogens (tertiary/aromatic N) is 1. The van der Waals surface area contributed by atoms with Gasteiger partial charge in [-0.25, -0.2) is 0 Å². The number of hydrogen-bond acceptors (Lipinski definition) is 4. The fraction of sp³-hybridized carbons (Fsp3) is 0.217. The summed E-state index contributed by atoms with van der Waals surface area (Å²) in [5.74, 6) is -0.203. The van der Waals surface area contributed by atoms with Gasteiger partial charge in [0.1, 0.15) is 0 Å². The van der Waals surface area contributed by atoms with Crippen LogP contribution in [-0.2, 0) is 11.2 Å². The standard InChI is InChI=1S/C23H23N3O2S/c1-24-23(28)17-7-9-18(10-8-17)25-21(27)15-26-13-11-20-19(12-14-29-20)22(26)16-5-3-2-4-6-16/h2-10,12,14,22H,11,13,15H2,1H3,(H,24,28)(H,25,27). The van der Waals surface area contributed by atoms with E-state index in [1.165, 1.54) is 16.0 Å². The van der Waals surface area contributed by atoms with Crippen molar-refractivity contribution in [3.63, 3.8) is 0 Å². The van der Waals surface area contributed by atoms with E-state index in [1.54, 1.807) is 42.6 Å². The number of benzene rings is 2. The Balaban J connectivity index is 1.49. The summed E-state index contributed by atoms with van der Waals surface area (Å²) in [5, 5.41) is 7.68. The molecule has 2 aromatic carbocycles. The number of thiophene rings is 1. The van der Waals surface area contributed by atoms with Crippen molar-refractivity contribution >= 4 is 28.8 Å². The molecule has 29 heavy (non-hydrogen) atoms. The smallest absolute Gasteiger partial charge is 0.251 e. The number of rotatable bonds is 5. The zero-order valence-corrected chi connectivity index (χ0v) is 17.0. The Bertz CT molecular complexity index is 998. The van der Waals surface area contributed by atoms with Gasteiger partial charge in [-0.2, -0.15) is 0 Å². The van der Waals surface area contributed by atoms with E-state index in [1.807, 2.05) is 18.2 Å². The zero-order valence-electron chi connectivity index (χ0n) is 16.2. The average molecular weight is 406 g/mol. The number of nitrogens with one attached hydrogen (secondary N) is 2. The lowest BCUT2D eigenvalue weighted by atomic mass is 9.93. The summed E-state index contributed by atoms with van der Waals surface area (Å²) >= 11 is 1.79. The summed E-state index contributed by atoms with van der Waals surface area (Å²) in [4.78, 5) is 28.0. The third-order valence-electron chi connectivity index (χ3n) is 5.19. The van der Waals surface area contributed by atoms with Crippen LogP contribution >= 0.6 is 11.3 Å². The summed E-state index contributed by atoms with van der Waals surface area (Å²) in [7, 11) is 1.60. The highest BCUT2D eigenvalue weighted by atomic mass is 32.1. The van der Waals surface area contributed by atoms with Gasteiger partial charge in [-0.15, -0.1) is 11.3 Å². The summed E-state index contributed by atoms with van der Waals surface area (Å²) in [6, 6.07) is 19.5. The highest BCUT2D eigenvalue weighted by Gasteiger charge is 2.30. The van der Waals surface area contributed by atoms with Crippen molar-refractivity contribution in [2.24, 2.45) is 0 Å². The molecule has 0 saturated carbocycles. The van der Waals surface area contributed by atoms with Gasteiger partial charge in [0.05, 0.1) is 12.6 Å². The molecule has 0 bridgehead atoms.